The predicted molar refractivity (Wildman–Crippen MR) is 70.9 cm³/mol. The van der Waals surface area contributed by atoms with Crippen molar-refractivity contribution in [1.82, 2.24) is 5.32 Å². The third-order valence-electron chi connectivity index (χ3n) is 4.32. The van der Waals surface area contributed by atoms with Crippen LogP contribution in [0, 0.1) is 12.3 Å². The summed E-state index contributed by atoms with van der Waals surface area (Å²) >= 11 is 0. The fourth-order valence-electron chi connectivity index (χ4n) is 2.65. The van der Waals surface area contributed by atoms with E-state index < -0.39 is 0 Å². The zero-order valence-electron chi connectivity index (χ0n) is 11.2. The molecule has 0 bridgehead atoms. The largest absolute Gasteiger partial charge is 0.392 e. The molecule has 0 spiro atoms. The van der Waals surface area contributed by atoms with Crippen LogP contribution in [0.15, 0.2) is 24.3 Å². The highest BCUT2D eigenvalue weighted by Crippen LogP contribution is 2.41. The summed E-state index contributed by atoms with van der Waals surface area (Å²) in [6.07, 6.45) is 0.701. The predicted octanol–water partition coefficient (Wildman–Crippen LogP) is 2.81. The maximum absolute atomic E-state index is 9.74. The lowest BCUT2D eigenvalue weighted by Crippen LogP contribution is -2.60. The smallest absolute Gasteiger partial charge is 0.0621 e. The van der Waals surface area contributed by atoms with Gasteiger partial charge >= 0.3 is 0 Å². The van der Waals surface area contributed by atoms with Gasteiger partial charge in [-0.1, -0.05) is 38.1 Å². The first-order valence-electron chi connectivity index (χ1n) is 6.42. The molecule has 0 saturated heterocycles. The van der Waals surface area contributed by atoms with Gasteiger partial charge in [-0.2, -0.15) is 0 Å². The molecular formula is C15H23NO. The summed E-state index contributed by atoms with van der Waals surface area (Å²) in [6, 6.07) is 9.23. The van der Waals surface area contributed by atoms with Crippen LogP contribution in [0.1, 0.15) is 44.4 Å². The molecular weight excluding hydrogens is 210 g/mol. The van der Waals surface area contributed by atoms with E-state index in [2.05, 4.69) is 57.3 Å². The Kier molecular flexibility index (Phi) is 3.28. The van der Waals surface area contributed by atoms with E-state index in [9.17, 15) is 5.11 Å². The van der Waals surface area contributed by atoms with Crippen molar-refractivity contribution in [1.29, 1.82) is 0 Å². The summed E-state index contributed by atoms with van der Waals surface area (Å²) in [4.78, 5) is 0. The Morgan fingerprint density at radius 3 is 2.53 bits per heavy atom. The van der Waals surface area contributed by atoms with Crippen LogP contribution in [0.2, 0.25) is 0 Å². The first-order valence-corrected chi connectivity index (χ1v) is 6.42. The molecule has 3 atom stereocenters. The van der Waals surface area contributed by atoms with E-state index in [4.69, 9.17) is 0 Å². The van der Waals surface area contributed by atoms with Crippen LogP contribution in [0.4, 0.5) is 0 Å². The van der Waals surface area contributed by atoms with Gasteiger partial charge in [0, 0.05) is 17.5 Å². The molecule has 0 heterocycles. The summed E-state index contributed by atoms with van der Waals surface area (Å²) in [6.45, 7) is 8.60. The molecule has 2 rings (SSSR count). The van der Waals surface area contributed by atoms with Crippen LogP contribution >= 0.6 is 0 Å². The molecule has 1 aliphatic rings. The van der Waals surface area contributed by atoms with E-state index in [1.807, 2.05) is 0 Å². The second-order valence-electron chi connectivity index (χ2n) is 5.87. The molecule has 0 aliphatic heterocycles. The van der Waals surface area contributed by atoms with Crippen molar-refractivity contribution in [2.24, 2.45) is 5.41 Å². The molecule has 1 aromatic rings. The van der Waals surface area contributed by atoms with Crippen LogP contribution in [-0.2, 0) is 0 Å². The first-order chi connectivity index (χ1) is 7.93. The van der Waals surface area contributed by atoms with Gasteiger partial charge in [0.05, 0.1) is 6.10 Å². The Labute approximate surface area is 104 Å². The van der Waals surface area contributed by atoms with Gasteiger partial charge in [-0.25, -0.2) is 0 Å². The summed E-state index contributed by atoms with van der Waals surface area (Å²) in [7, 11) is 0. The van der Waals surface area contributed by atoms with Crippen LogP contribution in [-0.4, -0.2) is 17.3 Å². The number of aryl methyl sites for hydroxylation is 1. The molecule has 0 aromatic heterocycles. The van der Waals surface area contributed by atoms with Crippen molar-refractivity contribution in [2.45, 2.75) is 52.3 Å². The Morgan fingerprint density at radius 2 is 2.00 bits per heavy atom. The standard InChI is InChI=1S/C15H23NO/c1-10-7-5-6-8-12(10)11(2)16-13-9-14(17)15(13,3)4/h5-8,11,13-14,16-17H,9H2,1-4H3. The Morgan fingerprint density at radius 1 is 1.35 bits per heavy atom. The Hall–Kier alpha value is -0.860. The maximum atomic E-state index is 9.74. The lowest BCUT2D eigenvalue weighted by Gasteiger charge is -2.50. The monoisotopic (exact) mass is 233 g/mol. The van der Waals surface area contributed by atoms with E-state index in [1.54, 1.807) is 0 Å². The number of hydrogen-bond acceptors (Lipinski definition) is 2. The highest BCUT2D eigenvalue weighted by atomic mass is 16.3. The molecule has 0 radical (unpaired) electrons. The van der Waals surface area contributed by atoms with Crippen LogP contribution in [0.25, 0.3) is 0 Å². The average Bonchev–Trinajstić information content (AvgIpc) is 2.29. The molecule has 1 aromatic carbocycles. The molecule has 1 saturated carbocycles. The van der Waals surface area contributed by atoms with Crippen LogP contribution < -0.4 is 5.32 Å². The lowest BCUT2D eigenvalue weighted by atomic mass is 9.64. The SMILES string of the molecule is Cc1ccccc1C(C)NC1CC(O)C1(C)C. The summed E-state index contributed by atoms with van der Waals surface area (Å²) in [5.41, 5.74) is 2.67. The van der Waals surface area contributed by atoms with Gasteiger partial charge < -0.3 is 10.4 Å². The van der Waals surface area contributed by atoms with Gasteiger partial charge in [-0.05, 0) is 31.4 Å². The van der Waals surface area contributed by atoms with Gasteiger partial charge in [0.25, 0.3) is 0 Å². The molecule has 2 N–H and O–H groups in total. The van der Waals surface area contributed by atoms with Gasteiger partial charge in [-0.15, -0.1) is 0 Å². The normalized spacial score (nSPS) is 28.5. The topological polar surface area (TPSA) is 32.3 Å². The highest BCUT2D eigenvalue weighted by molar-refractivity contribution is 5.28. The number of aliphatic hydroxyl groups is 1. The minimum Gasteiger partial charge on any atom is -0.392 e. The van der Waals surface area contributed by atoms with Crippen LogP contribution in [0.5, 0.6) is 0 Å². The third kappa shape index (κ3) is 2.24. The van der Waals surface area contributed by atoms with Crippen LogP contribution in [0.3, 0.4) is 0 Å². The quantitative estimate of drug-likeness (QED) is 0.841. The second kappa shape index (κ2) is 4.43. The third-order valence-corrected chi connectivity index (χ3v) is 4.32. The molecule has 2 nitrogen and oxygen atoms in total. The van der Waals surface area contributed by atoms with Gasteiger partial charge in [0.15, 0.2) is 0 Å². The average molecular weight is 233 g/mol. The van der Waals surface area contributed by atoms with Gasteiger partial charge in [0.1, 0.15) is 0 Å². The molecule has 3 unspecified atom stereocenters. The van der Waals surface area contributed by atoms with Gasteiger partial charge in [-0.3, -0.25) is 0 Å². The number of rotatable bonds is 3. The minimum atomic E-state index is -0.163. The van der Waals surface area contributed by atoms with E-state index in [1.165, 1.54) is 11.1 Å². The van der Waals surface area contributed by atoms with Crippen molar-refractivity contribution < 1.29 is 5.11 Å². The number of benzene rings is 1. The Bertz CT molecular complexity index is 400. The maximum Gasteiger partial charge on any atom is 0.0621 e. The summed E-state index contributed by atoms with van der Waals surface area (Å²) in [5, 5.41) is 13.4. The Balaban J connectivity index is 2.04. The zero-order chi connectivity index (χ0) is 12.6. The van der Waals surface area contributed by atoms with Crippen molar-refractivity contribution in [3.05, 3.63) is 35.4 Å². The highest BCUT2D eigenvalue weighted by Gasteiger charge is 2.47. The van der Waals surface area contributed by atoms with Crippen molar-refractivity contribution in [3.63, 3.8) is 0 Å². The number of nitrogens with one attached hydrogen (secondary N) is 1. The molecule has 17 heavy (non-hydrogen) atoms. The number of hydrogen-bond donors (Lipinski definition) is 2. The molecule has 0 amide bonds. The molecule has 1 aliphatic carbocycles. The fraction of sp³-hybridized carbons (Fsp3) is 0.600. The van der Waals surface area contributed by atoms with Gasteiger partial charge in [0.2, 0.25) is 0 Å². The summed E-state index contributed by atoms with van der Waals surface area (Å²) in [5.74, 6) is 0. The molecule has 1 fully saturated rings. The fourth-order valence-corrected chi connectivity index (χ4v) is 2.65. The molecule has 94 valence electrons. The van der Waals surface area contributed by atoms with Crippen molar-refractivity contribution in [2.75, 3.05) is 0 Å². The van der Waals surface area contributed by atoms with E-state index >= 15 is 0 Å². The second-order valence-corrected chi connectivity index (χ2v) is 5.87. The lowest BCUT2D eigenvalue weighted by molar-refractivity contribution is -0.0754. The number of aliphatic hydroxyl groups excluding tert-OH is 1. The van der Waals surface area contributed by atoms with E-state index in [0.29, 0.717) is 12.1 Å². The van der Waals surface area contributed by atoms with E-state index in [-0.39, 0.29) is 11.5 Å². The molecule has 2 heteroatoms. The summed E-state index contributed by atoms with van der Waals surface area (Å²) < 4.78 is 0. The van der Waals surface area contributed by atoms with Crippen molar-refractivity contribution >= 4 is 0 Å². The van der Waals surface area contributed by atoms with Crippen molar-refractivity contribution in [3.8, 4) is 0 Å². The minimum absolute atomic E-state index is 0.00303. The first kappa shape index (κ1) is 12.6. The zero-order valence-corrected chi connectivity index (χ0v) is 11.2. The van der Waals surface area contributed by atoms with E-state index in [0.717, 1.165) is 6.42 Å².